The van der Waals surface area contributed by atoms with E-state index in [1.165, 1.54) is 66.7 Å². The van der Waals surface area contributed by atoms with Crippen LogP contribution >= 0.6 is 0 Å². The van der Waals surface area contributed by atoms with Crippen LogP contribution in [0.2, 0.25) is 0 Å². The van der Waals surface area contributed by atoms with Crippen LogP contribution in [0.3, 0.4) is 0 Å². The second-order valence-corrected chi connectivity index (χ2v) is 9.97. The third-order valence-electron chi connectivity index (χ3n) is 7.40. The third kappa shape index (κ3) is 3.97. The number of phenols is 2. The number of carboxylic acids is 1. The first-order valence-electron chi connectivity index (χ1n) is 12.9. The Kier molecular flexibility index (Phi) is 5.54. The Balaban J connectivity index is 1.29. The van der Waals surface area contributed by atoms with Crippen molar-refractivity contribution in [2.75, 3.05) is 0 Å². The highest BCUT2D eigenvalue weighted by atomic mass is 16.6. The average molecular weight is 578 g/mol. The topological polar surface area (TPSA) is 170 Å². The molecule has 7 rings (SSSR count). The van der Waals surface area contributed by atoms with Crippen LogP contribution in [0.15, 0.2) is 88.1 Å². The minimum Gasteiger partial charge on any atom is -0.508 e. The molecule has 0 aliphatic carbocycles. The van der Waals surface area contributed by atoms with Gasteiger partial charge in [-0.3, -0.25) is 4.79 Å². The fraction of sp³-hybridized carbons (Fsp3) is 0.0625. The smallest absolute Gasteiger partial charge is 0.341 e. The van der Waals surface area contributed by atoms with Crippen molar-refractivity contribution in [3.8, 4) is 28.7 Å². The lowest BCUT2D eigenvalue weighted by Gasteiger charge is -2.36. The van der Waals surface area contributed by atoms with Gasteiger partial charge in [0.2, 0.25) is 0 Å². The molecular formula is C32H18O11. The summed E-state index contributed by atoms with van der Waals surface area (Å²) in [5, 5.41) is 30.1. The maximum atomic E-state index is 13.2. The van der Waals surface area contributed by atoms with Crippen LogP contribution in [-0.4, -0.2) is 33.2 Å². The number of rotatable bonds is 4. The maximum Gasteiger partial charge on any atom is 0.341 e. The van der Waals surface area contributed by atoms with Crippen molar-refractivity contribution in [1.29, 1.82) is 0 Å². The lowest BCUT2D eigenvalue weighted by atomic mass is 9.77. The van der Waals surface area contributed by atoms with E-state index in [0.717, 1.165) is 0 Å². The van der Waals surface area contributed by atoms with Crippen LogP contribution in [-0.2, 0) is 21.6 Å². The summed E-state index contributed by atoms with van der Waals surface area (Å²) in [7, 11) is 0. The number of carbonyl (C=O) groups excluding carboxylic acids is 2. The van der Waals surface area contributed by atoms with E-state index in [9.17, 15) is 34.5 Å². The molecule has 5 aromatic rings. The van der Waals surface area contributed by atoms with Gasteiger partial charge in [0.1, 0.15) is 34.3 Å². The van der Waals surface area contributed by atoms with Crippen molar-refractivity contribution in [3.05, 3.63) is 123 Å². The minimum atomic E-state index is -1.61. The number of fused-ring (bicyclic) bond motifs is 7. The Morgan fingerprint density at radius 2 is 1.53 bits per heavy atom. The molecule has 0 bridgehead atoms. The second-order valence-electron chi connectivity index (χ2n) is 9.97. The van der Waals surface area contributed by atoms with Gasteiger partial charge in [-0.1, -0.05) is 12.1 Å². The van der Waals surface area contributed by atoms with E-state index in [1.54, 1.807) is 12.1 Å². The number of benzene rings is 4. The molecule has 3 heterocycles. The van der Waals surface area contributed by atoms with Gasteiger partial charge >= 0.3 is 23.5 Å². The van der Waals surface area contributed by atoms with Gasteiger partial charge < -0.3 is 33.9 Å². The number of aromatic hydroxyl groups is 2. The molecule has 4 aromatic carbocycles. The third-order valence-corrected chi connectivity index (χ3v) is 7.40. The molecule has 0 saturated carbocycles. The number of hydrogen-bond acceptors (Lipinski definition) is 10. The molecule has 11 nitrogen and oxygen atoms in total. The van der Waals surface area contributed by atoms with Crippen molar-refractivity contribution in [2.45, 2.75) is 12.0 Å². The Morgan fingerprint density at radius 1 is 0.814 bits per heavy atom. The molecule has 43 heavy (non-hydrogen) atoms. The van der Waals surface area contributed by atoms with Crippen molar-refractivity contribution in [2.24, 2.45) is 0 Å². The number of carboxylic acid groups (broad SMARTS) is 1. The molecular weight excluding hydrogens is 560 g/mol. The summed E-state index contributed by atoms with van der Waals surface area (Å²) >= 11 is 0. The zero-order valence-electron chi connectivity index (χ0n) is 21.8. The van der Waals surface area contributed by atoms with E-state index in [-0.39, 0.29) is 57.4 Å². The lowest BCUT2D eigenvalue weighted by molar-refractivity contribution is -0.133. The monoisotopic (exact) mass is 578 g/mol. The standard InChI is InChI=1S/C32H18O11/c33-16-4-7-19-15(11-28(36)42-24(19)12-16)10-27(35)40-18-6-9-22-26(14-18)41-25-13-17(34)5-8-21(25)32(22)23-3-1-2-20(30(37)38)29(23)31(39)43-32/h1-9,11-14,33-34H,10H2,(H,37,38). The van der Waals surface area contributed by atoms with E-state index in [4.69, 9.17) is 18.6 Å². The molecule has 0 saturated heterocycles. The van der Waals surface area contributed by atoms with E-state index >= 15 is 0 Å². The molecule has 3 N–H and O–H groups in total. The van der Waals surface area contributed by atoms with Crippen molar-refractivity contribution in [3.63, 3.8) is 0 Å². The fourth-order valence-corrected chi connectivity index (χ4v) is 5.67. The van der Waals surface area contributed by atoms with Crippen LogP contribution in [0.4, 0.5) is 0 Å². The van der Waals surface area contributed by atoms with E-state index in [2.05, 4.69) is 0 Å². The van der Waals surface area contributed by atoms with Crippen molar-refractivity contribution in [1.82, 2.24) is 0 Å². The van der Waals surface area contributed by atoms with Gasteiger partial charge in [-0.15, -0.1) is 0 Å². The van der Waals surface area contributed by atoms with Gasteiger partial charge in [0.15, 0.2) is 5.60 Å². The fourth-order valence-electron chi connectivity index (χ4n) is 5.67. The van der Waals surface area contributed by atoms with Crippen LogP contribution in [0, 0.1) is 0 Å². The van der Waals surface area contributed by atoms with Gasteiger partial charge in [-0.05, 0) is 48.0 Å². The number of aromatic carboxylic acids is 1. The molecule has 2 aliphatic rings. The van der Waals surface area contributed by atoms with E-state index in [0.29, 0.717) is 22.1 Å². The predicted molar refractivity (Wildman–Crippen MR) is 147 cm³/mol. The average Bonchev–Trinajstić information content (AvgIpc) is 3.25. The number of hydrogen-bond donors (Lipinski definition) is 3. The Morgan fingerprint density at radius 3 is 2.33 bits per heavy atom. The Hall–Kier alpha value is -6.10. The van der Waals surface area contributed by atoms with Gasteiger partial charge in [-0.2, -0.15) is 0 Å². The van der Waals surface area contributed by atoms with E-state index < -0.39 is 29.1 Å². The van der Waals surface area contributed by atoms with E-state index in [1.807, 2.05) is 0 Å². The maximum absolute atomic E-state index is 13.2. The molecule has 1 aromatic heterocycles. The zero-order valence-corrected chi connectivity index (χ0v) is 21.8. The van der Waals surface area contributed by atoms with Gasteiger partial charge in [0, 0.05) is 46.3 Å². The summed E-state index contributed by atoms with van der Waals surface area (Å²) in [5.41, 5.74) is -1.22. The Bertz CT molecular complexity index is 2110. The molecule has 1 spiro atoms. The number of esters is 2. The largest absolute Gasteiger partial charge is 0.508 e. The van der Waals surface area contributed by atoms with Gasteiger partial charge in [-0.25, -0.2) is 14.4 Å². The molecule has 1 atom stereocenters. The molecule has 1 unspecified atom stereocenters. The molecule has 11 heteroatoms. The van der Waals surface area contributed by atoms with Crippen LogP contribution in [0.5, 0.6) is 28.7 Å². The summed E-state index contributed by atoms with van der Waals surface area (Å²) in [6.45, 7) is 0. The normalized spacial score (nSPS) is 16.1. The highest BCUT2D eigenvalue weighted by Crippen LogP contribution is 2.57. The van der Waals surface area contributed by atoms with Crippen LogP contribution in [0.25, 0.3) is 11.0 Å². The molecule has 0 fully saturated rings. The minimum absolute atomic E-state index is 0.0660. The van der Waals surface area contributed by atoms with Crippen LogP contribution < -0.4 is 15.1 Å². The number of carbonyl (C=O) groups is 3. The van der Waals surface area contributed by atoms with Gasteiger partial charge in [0.05, 0.1) is 17.5 Å². The summed E-state index contributed by atoms with van der Waals surface area (Å²) in [6, 6.07) is 18.4. The SMILES string of the molecule is O=C(Cc1cc(=O)oc2cc(O)ccc12)Oc1ccc2c(c1)Oc1cc(O)ccc1C21OC(=O)c2c(C(=O)O)cccc21. The predicted octanol–water partition coefficient (Wildman–Crippen LogP) is 4.62. The summed E-state index contributed by atoms with van der Waals surface area (Å²) in [5.74, 6) is -2.75. The molecule has 212 valence electrons. The number of phenolic OH excluding ortho intramolecular Hbond substituents is 2. The molecule has 2 aliphatic heterocycles. The summed E-state index contributed by atoms with van der Waals surface area (Å²) < 4.78 is 22.7. The highest BCUT2D eigenvalue weighted by Gasteiger charge is 2.54. The highest BCUT2D eigenvalue weighted by molar-refractivity contribution is 6.06. The zero-order chi connectivity index (χ0) is 30.0. The number of ether oxygens (including phenoxy) is 3. The lowest BCUT2D eigenvalue weighted by Crippen LogP contribution is -2.33. The van der Waals surface area contributed by atoms with Crippen molar-refractivity contribution >= 4 is 28.9 Å². The second kappa shape index (κ2) is 9.21. The van der Waals surface area contributed by atoms with Crippen molar-refractivity contribution < 1.29 is 48.3 Å². The van der Waals surface area contributed by atoms with Crippen LogP contribution in [0.1, 0.15) is 43.0 Å². The van der Waals surface area contributed by atoms with Gasteiger partial charge in [0.25, 0.3) is 0 Å². The Labute approximate surface area is 240 Å². The summed E-state index contributed by atoms with van der Waals surface area (Å²) in [6.07, 6.45) is -0.297. The molecule has 0 amide bonds. The first-order valence-corrected chi connectivity index (χ1v) is 12.9. The first kappa shape index (κ1) is 25.8. The summed E-state index contributed by atoms with van der Waals surface area (Å²) in [4.78, 5) is 50.1. The molecule has 0 radical (unpaired) electrons. The first-order chi connectivity index (χ1) is 20.6. The quantitative estimate of drug-likeness (QED) is 0.154.